The van der Waals surface area contributed by atoms with Gasteiger partial charge in [-0.05, 0) is 30.7 Å². The Hall–Kier alpha value is -2.09. The summed E-state index contributed by atoms with van der Waals surface area (Å²) in [5, 5.41) is 3.23. The van der Waals surface area contributed by atoms with E-state index in [-0.39, 0.29) is 5.13 Å². The van der Waals surface area contributed by atoms with Crippen LogP contribution in [-0.4, -0.2) is 23.7 Å². The molecule has 8 heteroatoms. The number of unbranched alkanes of at least 4 members (excludes halogenated alkanes) is 1. The van der Waals surface area contributed by atoms with Gasteiger partial charge >= 0.3 is 12.1 Å². The van der Waals surface area contributed by atoms with Gasteiger partial charge in [0.1, 0.15) is 5.75 Å². The molecule has 0 saturated carbocycles. The fraction of sp³-hybridized carbons (Fsp3) is 0.333. The summed E-state index contributed by atoms with van der Waals surface area (Å²) in [6, 6.07) is 7.09. The Morgan fingerprint density at radius 1 is 1.30 bits per heavy atom. The monoisotopic (exact) mass is 344 g/mol. The van der Waals surface area contributed by atoms with Crippen LogP contribution in [0.25, 0.3) is 11.3 Å². The Kier molecular flexibility index (Phi) is 5.59. The van der Waals surface area contributed by atoms with Crippen LogP contribution >= 0.6 is 11.3 Å². The number of benzene rings is 1. The highest BCUT2D eigenvalue weighted by atomic mass is 32.1. The molecule has 0 spiro atoms. The number of hydrogen-bond acceptors (Lipinski definition) is 4. The third kappa shape index (κ3) is 4.95. The molecule has 1 amide bonds. The largest absolute Gasteiger partial charge is 0.494 e. The molecule has 0 fully saturated rings. The molecule has 124 valence electrons. The molecule has 2 aromatic rings. The van der Waals surface area contributed by atoms with Crippen LogP contribution in [0.2, 0.25) is 0 Å². The van der Waals surface area contributed by atoms with E-state index in [4.69, 9.17) is 4.74 Å². The van der Waals surface area contributed by atoms with Gasteiger partial charge in [-0.15, -0.1) is 11.3 Å². The minimum atomic E-state index is -4.93. The second kappa shape index (κ2) is 7.45. The zero-order chi connectivity index (χ0) is 16.9. The van der Waals surface area contributed by atoms with Crippen LogP contribution in [0.4, 0.5) is 18.3 Å². The van der Waals surface area contributed by atoms with E-state index in [1.807, 2.05) is 0 Å². The Morgan fingerprint density at radius 2 is 2.00 bits per heavy atom. The van der Waals surface area contributed by atoms with Crippen molar-refractivity contribution < 1.29 is 22.7 Å². The second-order valence-electron chi connectivity index (χ2n) is 4.72. The van der Waals surface area contributed by atoms with Crippen molar-refractivity contribution in [2.24, 2.45) is 0 Å². The number of carbonyl (C=O) groups excluding carboxylic acids is 1. The first-order valence-electron chi connectivity index (χ1n) is 6.97. The SMILES string of the molecule is CCCCOc1ccc(-c2csc(NC(=O)C(F)(F)F)n2)cc1. The average Bonchev–Trinajstić information content (AvgIpc) is 2.96. The van der Waals surface area contributed by atoms with Crippen LogP contribution in [0, 0.1) is 0 Å². The van der Waals surface area contributed by atoms with Gasteiger partial charge in [0.25, 0.3) is 0 Å². The zero-order valence-corrected chi connectivity index (χ0v) is 13.1. The van der Waals surface area contributed by atoms with Gasteiger partial charge in [-0.2, -0.15) is 13.2 Å². The Morgan fingerprint density at radius 3 is 2.61 bits per heavy atom. The summed E-state index contributed by atoms with van der Waals surface area (Å²) < 4.78 is 42.1. The maximum absolute atomic E-state index is 12.2. The highest BCUT2D eigenvalue weighted by Crippen LogP contribution is 2.27. The number of thiazole rings is 1. The molecule has 0 atom stereocenters. The molecule has 1 heterocycles. The van der Waals surface area contributed by atoms with E-state index in [0.29, 0.717) is 12.3 Å². The molecule has 0 unspecified atom stereocenters. The number of carbonyl (C=O) groups is 1. The van der Waals surface area contributed by atoms with Crippen molar-refractivity contribution in [1.29, 1.82) is 0 Å². The molecule has 0 bridgehead atoms. The highest BCUT2D eigenvalue weighted by molar-refractivity contribution is 7.14. The van der Waals surface area contributed by atoms with E-state index < -0.39 is 12.1 Å². The maximum Gasteiger partial charge on any atom is 0.471 e. The summed E-state index contributed by atoms with van der Waals surface area (Å²) in [5.74, 6) is -1.30. The number of ether oxygens (including phenoxy) is 1. The third-order valence-electron chi connectivity index (χ3n) is 2.90. The van der Waals surface area contributed by atoms with Crippen molar-refractivity contribution in [1.82, 2.24) is 4.98 Å². The normalized spacial score (nSPS) is 11.3. The van der Waals surface area contributed by atoms with Crippen LogP contribution in [0.3, 0.4) is 0 Å². The first-order chi connectivity index (χ1) is 10.9. The lowest BCUT2D eigenvalue weighted by Gasteiger charge is -2.06. The van der Waals surface area contributed by atoms with Gasteiger partial charge < -0.3 is 4.74 Å². The van der Waals surface area contributed by atoms with Crippen molar-refractivity contribution >= 4 is 22.4 Å². The number of aromatic nitrogens is 1. The van der Waals surface area contributed by atoms with Gasteiger partial charge in [-0.25, -0.2) is 4.98 Å². The van der Waals surface area contributed by atoms with Crippen LogP contribution < -0.4 is 10.1 Å². The van der Waals surface area contributed by atoms with Crippen LogP contribution in [-0.2, 0) is 4.79 Å². The molecule has 0 aliphatic rings. The second-order valence-corrected chi connectivity index (χ2v) is 5.57. The minimum absolute atomic E-state index is 0.0920. The standard InChI is InChI=1S/C15H15F3N2O2S/c1-2-3-8-22-11-6-4-10(5-7-11)12-9-23-14(19-12)20-13(21)15(16,17)18/h4-7,9H,2-3,8H2,1H3,(H,19,20,21). The number of rotatable bonds is 6. The summed E-state index contributed by atoms with van der Waals surface area (Å²) >= 11 is 0.936. The molecule has 23 heavy (non-hydrogen) atoms. The van der Waals surface area contributed by atoms with Crippen molar-refractivity contribution in [2.75, 3.05) is 11.9 Å². The lowest BCUT2D eigenvalue weighted by Crippen LogP contribution is -2.29. The highest BCUT2D eigenvalue weighted by Gasteiger charge is 2.39. The fourth-order valence-corrected chi connectivity index (χ4v) is 2.40. The lowest BCUT2D eigenvalue weighted by molar-refractivity contribution is -0.167. The van der Waals surface area contributed by atoms with Crippen molar-refractivity contribution in [3.63, 3.8) is 0 Å². The van der Waals surface area contributed by atoms with E-state index in [9.17, 15) is 18.0 Å². The quantitative estimate of drug-likeness (QED) is 0.786. The fourth-order valence-electron chi connectivity index (χ4n) is 1.69. The lowest BCUT2D eigenvalue weighted by atomic mass is 10.2. The number of amides is 1. The molecule has 0 radical (unpaired) electrons. The van der Waals surface area contributed by atoms with Gasteiger partial charge in [0, 0.05) is 10.9 Å². The summed E-state index contributed by atoms with van der Waals surface area (Å²) in [6.07, 6.45) is -2.91. The summed E-state index contributed by atoms with van der Waals surface area (Å²) in [6.45, 7) is 2.71. The van der Waals surface area contributed by atoms with Gasteiger partial charge in [0.05, 0.1) is 12.3 Å². The average molecular weight is 344 g/mol. The van der Waals surface area contributed by atoms with Crippen LogP contribution in [0.5, 0.6) is 5.75 Å². The molecule has 4 nitrogen and oxygen atoms in total. The third-order valence-corrected chi connectivity index (χ3v) is 3.66. The maximum atomic E-state index is 12.2. The van der Waals surface area contributed by atoms with Gasteiger partial charge in [-0.1, -0.05) is 13.3 Å². The number of nitrogens with zero attached hydrogens (tertiary/aromatic N) is 1. The van der Waals surface area contributed by atoms with E-state index in [0.717, 1.165) is 35.5 Å². The predicted octanol–water partition coefficient (Wildman–Crippen LogP) is 4.49. The number of hydrogen-bond donors (Lipinski definition) is 1. The number of halogens is 3. The first-order valence-corrected chi connectivity index (χ1v) is 7.85. The molecular formula is C15H15F3N2O2S. The summed E-state index contributed by atoms with van der Waals surface area (Å²) in [7, 11) is 0. The van der Waals surface area contributed by atoms with Gasteiger partial charge in [-0.3, -0.25) is 10.1 Å². The molecule has 1 aromatic heterocycles. The smallest absolute Gasteiger partial charge is 0.471 e. The molecule has 0 aliphatic carbocycles. The molecule has 1 N–H and O–H groups in total. The van der Waals surface area contributed by atoms with E-state index in [1.54, 1.807) is 35.0 Å². The molecule has 1 aromatic carbocycles. The Labute approximate surface area is 135 Å². The van der Waals surface area contributed by atoms with Crippen molar-refractivity contribution in [2.45, 2.75) is 25.9 Å². The molecule has 2 rings (SSSR count). The topological polar surface area (TPSA) is 51.2 Å². The number of nitrogens with one attached hydrogen (secondary N) is 1. The zero-order valence-electron chi connectivity index (χ0n) is 12.3. The van der Waals surface area contributed by atoms with Gasteiger partial charge in [0.2, 0.25) is 0 Å². The summed E-state index contributed by atoms with van der Waals surface area (Å²) in [4.78, 5) is 14.8. The van der Waals surface area contributed by atoms with E-state index in [1.165, 1.54) is 0 Å². The number of alkyl halides is 3. The molecule has 0 aliphatic heterocycles. The molecular weight excluding hydrogens is 329 g/mol. The summed E-state index contributed by atoms with van der Waals surface area (Å²) in [5.41, 5.74) is 1.23. The van der Waals surface area contributed by atoms with E-state index in [2.05, 4.69) is 11.9 Å². The van der Waals surface area contributed by atoms with E-state index >= 15 is 0 Å². The van der Waals surface area contributed by atoms with Crippen molar-refractivity contribution in [3.05, 3.63) is 29.6 Å². The van der Waals surface area contributed by atoms with Crippen LogP contribution in [0.15, 0.2) is 29.6 Å². The Balaban J connectivity index is 2.01. The minimum Gasteiger partial charge on any atom is -0.494 e. The number of anilines is 1. The molecule has 0 saturated heterocycles. The predicted molar refractivity (Wildman–Crippen MR) is 82.6 cm³/mol. The van der Waals surface area contributed by atoms with Crippen molar-refractivity contribution in [3.8, 4) is 17.0 Å². The van der Waals surface area contributed by atoms with Crippen LogP contribution in [0.1, 0.15) is 19.8 Å². The Bertz CT molecular complexity index is 653. The first kappa shape index (κ1) is 17.3. The van der Waals surface area contributed by atoms with Gasteiger partial charge in [0.15, 0.2) is 5.13 Å².